The molecular formula is C14H20FN3O2. The van der Waals surface area contributed by atoms with Crippen LogP contribution in [0.3, 0.4) is 0 Å². The van der Waals surface area contributed by atoms with Gasteiger partial charge in [-0.2, -0.15) is 9.37 Å². The number of likely N-dealkylation sites (N-methyl/N-ethyl adjacent to an activating group) is 1. The number of rotatable bonds is 5. The molecule has 1 aliphatic rings. The molecule has 0 unspecified atom stereocenters. The Bertz CT molecular complexity index is 448. The summed E-state index contributed by atoms with van der Waals surface area (Å²) in [5.41, 5.74) is 0. The van der Waals surface area contributed by atoms with Crippen molar-refractivity contribution in [1.82, 2.24) is 15.2 Å². The molecule has 1 aliphatic heterocycles. The van der Waals surface area contributed by atoms with Crippen LogP contribution in [0.2, 0.25) is 0 Å². The Morgan fingerprint density at radius 3 is 2.90 bits per heavy atom. The maximum absolute atomic E-state index is 13.0. The zero-order valence-corrected chi connectivity index (χ0v) is 11.6. The van der Waals surface area contributed by atoms with E-state index in [4.69, 9.17) is 4.74 Å². The van der Waals surface area contributed by atoms with E-state index in [0.29, 0.717) is 19.0 Å². The fourth-order valence-electron chi connectivity index (χ4n) is 2.27. The Hall–Kier alpha value is -1.69. The number of hydrogen-bond donors (Lipinski definition) is 1. The van der Waals surface area contributed by atoms with Gasteiger partial charge in [0.1, 0.15) is 6.10 Å². The van der Waals surface area contributed by atoms with Crippen molar-refractivity contribution in [3.63, 3.8) is 0 Å². The van der Waals surface area contributed by atoms with Gasteiger partial charge in [0.2, 0.25) is 17.7 Å². The highest BCUT2D eigenvalue weighted by molar-refractivity contribution is 5.77. The van der Waals surface area contributed by atoms with E-state index in [2.05, 4.69) is 15.2 Å². The van der Waals surface area contributed by atoms with Crippen LogP contribution in [-0.2, 0) is 4.79 Å². The third-order valence-corrected chi connectivity index (χ3v) is 3.25. The van der Waals surface area contributed by atoms with Crippen LogP contribution in [0.25, 0.3) is 0 Å². The summed E-state index contributed by atoms with van der Waals surface area (Å²) in [6.07, 6.45) is 1.67. The monoisotopic (exact) mass is 281 g/mol. The molecule has 6 heteroatoms. The zero-order chi connectivity index (χ0) is 14.4. The highest BCUT2D eigenvalue weighted by atomic mass is 19.1. The van der Waals surface area contributed by atoms with Gasteiger partial charge in [-0.05, 0) is 25.8 Å². The highest BCUT2D eigenvalue weighted by Crippen LogP contribution is 2.17. The minimum absolute atomic E-state index is 0.0368. The number of amides is 1. The number of piperidine rings is 1. The molecule has 0 aromatic carbocycles. The molecule has 1 saturated heterocycles. The van der Waals surface area contributed by atoms with Crippen LogP contribution in [0.5, 0.6) is 5.88 Å². The van der Waals surface area contributed by atoms with Gasteiger partial charge < -0.3 is 10.1 Å². The first-order chi connectivity index (χ1) is 9.67. The molecule has 20 heavy (non-hydrogen) atoms. The Morgan fingerprint density at radius 2 is 2.25 bits per heavy atom. The topological polar surface area (TPSA) is 54.5 Å². The number of carbonyl (C=O) groups excluding carboxylic acids is 1. The van der Waals surface area contributed by atoms with E-state index < -0.39 is 5.95 Å². The predicted octanol–water partition coefficient (Wildman–Crippen LogP) is 1.20. The summed E-state index contributed by atoms with van der Waals surface area (Å²) < 4.78 is 18.6. The molecule has 0 bridgehead atoms. The Labute approximate surface area is 118 Å². The Morgan fingerprint density at radius 1 is 1.50 bits per heavy atom. The number of pyridine rings is 1. The van der Waals surface area contributed by atoms with Gasteiger partial charge in [0.05, 0.1) is 6.54 Å². The second kappa shape index (κ2) is 7.19. The average Bonchev–Trinajstić information content (AvgIpc) is 2.41. The molecule has 0 aliphatic carbocycles. The Balaban J connectivity index is 1.75. The van der Waals surface area contributed by atoms with Gasteiger partial charge in [-0.1, -0.05) is 6.07 Å². The summed E-state index contributed by atoms with van der Waals surface area (Å²) in [6, 6.07) is 4.54. The average molecular weight is 281 g/mol. The van der Waals surface area contributed by atoms with Gasteiger partial charge in [0, 0.05) is 25.7 Å². The van der Waals surface area contributed by atoms with Gasteiger partial charge in [-0.15, -0.1) is 0 Å². The Kier molecular flexibility index (Phi) is 5.29. The first kappa shape index (κ1) is 14.7. The van der Waals surface area contributed by atoms with Crippen LogP contribution in [0, 0.1) is 5.95 Å². The van der Waals surface area contributed by atoms with Crippen molar-refractivity contribution in [2.75, 3.05) is 26.2 Å². The highest BCUT2D eigenvalue weighted by Gasteiger charge is 2.22. The van der Waals surface area contributed by atoms with Crippen LogP contribution < -0.4 is 10.1 Å². The number of carbonyl (C=O) groups is 1. The van der Waals surface area contributed by atoms with Gasteiger partial charge in [-0.3, -0.25) is 9.69 Å². The van der Waals surface area contributed by atoms with Crippen LogP contribution in [0.4, 0.5) is 4.39 Å². The second-order valence-corrected chi connectivity index (χ2v) is 4.85. The molecule has 0 radical (unpaired) electrons. The fraction of sp³-hybridized carbons (Fsp3) is 0.571. The van der Waals surface area contributed by atoms with Crippen molar-refractivity contribution >= 4 is 5.91 Å². The third kappa shape index (κ3) is 4.45. The quantitative estimate of drug-likeness (QED) is 0.824. The van der Waals surface area contributed by atoms with Crippen LogP contribution in [-0.4, -0.2) is 48.1 Å². The molecule has 5 nitrogen and oxygen atoms in total. The molecule has 1 amide bonds. The second-order valence-electron chi connectivity index (χ2n) is 4.85. The number of nitrogens with one attached hydrogen (secondary N) is 1. The van der Waals surface area contributed by atoms with E-state index in [-0.39, 0.29) is 12.0 Å². The van der Waals surface area contributed by atoms with Crippen molar-refractivity contribution < 1.29 is 13.9 Å². The maximum atomic E-state index is 13.0. The van der Waals surface area contributed by atoms with Crippen molar-refractivity contribution in [2.45, 2.75) is 25.9 Å². The fourth-order valence-corrected chi connectivity index (χ4v) is 2.27. The summed E-state index contributed by atoms with van der Waals surface area (Å²) in [5.74, 6) is -0.151. The van der Waals surface area contributed by atoms with E-state index in [0.717, 1.165) is 25.9 Å². The lowest BCUT2D eigenvalue weighted by Crippen LogP contribution is -2.43. The number of ether oxygens (including phenoxy) is 1. The molecule has 1 aromatic rings. The van der Waals surface area contributed by atoms with Crippen LogP contribution in [0.1, 0.15) is 19.8 Å². The summed E-state index contributed by atoms with van der Waals surface area (Å²) >= 11 is 0. The molecular weight excluding hydrogens is 261 g/mol. The molecule has 1 N–H and O–H groups in total. The smallest absolute Gasteiger partial charge is 0.234 e. The third-order valence-electron chi connectivity index (χ3n) is 3.25. The number of hydrogen-bond acceptors (Lipinski definition) is 4. The summed E-state index contributed by atoms with van der Waals surface area (Å²) in [5, 5.41) is 2.79. The predicted molar refractivity (Wildman–Crippen MR) is 73.0 cm³/mol. The lowest BCUT2D eigenvalue weighted by atomic mass is 10.1. The number of halogens is 1. The number of aromatic nitrogens is 1. The van der Waals surface area contributed by atoms with E-state index in [1.807, 2.05) is 6.92 Å². The van der Waals surface area contributed by atoms with Gasteiger partial charge in [-0.25, -0.2) is 0 Å². The largest absolute Gasteiger partial charge is 0.474 e. The van der Waals surface area contributed by atoms with E-state index in [1.165, 1.54) is 6.07 Å². The first-order valence-corrected chi connectivity index (χ1v) is 6.95. The SMILES string of the molecule is CCNC(=O)CN1CCC(Oc2cccc(F)n2)CC1. The molecule has 0 atom stereocenters. The molecule has 1 aromatic heterocycles. The van der Waals surface area contributed by atoms with Gasteiger partial charge in [0.25, 0.3) is 0 Å². The van der Waals surface area contributed by atoms with Crippen molar-refractivity contribution in [1.29, 1.82) is 0 Å². The number of nitrogens with zero attached hydrogens (tertiary/aromatic N) is 2. The van der Waals surface area contributed by atoms with Crippen molar-refractivity contribution in [2.24, 2.45) is 0 Å². The van der Waals surface area contributed by atoms with Crippen LogP contribution in [0.15, 0.2) is 18.2 Å². The number of likely N-dealkylation sites (tertiary alicyclic amines) is 1. The minimum atomic E-state index is -0.531. The minimum Gasteiger partial charge on any atom is -0.474 e. The summed E-state index contributed by atoms with van der Waals surface area (Å²) in [4.78, 5) is 17.3. The van der Waals surface area contributed by atoms with Gasteiger partial charge >= 0.3 is 0 Å². The molecule has 110 valence electrons. The maximum Gasteiger partial charge on any atom is 0.234 e. The summed E-state index contributed by atoms with van der Waals surface area (Å²) in [7, 11) is 0. The van der Waals surface area contributed by atoms with Crippen LogP contribution >= 0.6 is 0 Å². The normalized spacial score (nSPS) is 16.9. The molecule has 0 spiro atoms. The molecule has 2 heterocycles. The standard InChI is InChI=1S/C14H20FN3O2/c1-2-16-13(19)10-18-8-6-11(7-9-18)20-14-5-3-4-12(15)17-14/h3-5,11H,2,6-10H2,1H3,(H,16,19). The van der Waals surface area contributed by atoms with E-state index >= 15 is 0 Å². The van der Waals surface area contributed by atoms with Crippen molar-refractivity contribution in [3.8, 4) is 5.88 Å². The van der Waals surface area contributed by atoms with Gasteiger partial charge in [0.15, 0.2) is 0 Å². The first-order valence-electron chi connectivity index (χ1n) is 6.95. The lowest BCUT2D eigenvalue weighted by Gasteiger charge is -2.31. The lowest BCUT2D eigenvalue weighted by molar-refractivity contribution is -0.122. The van der Waals surface area contributed by atoms with E-state index in [9.17, 15) is 9.18 Å². The molecule has 2 rings (SSSR count). The molecule has 1 fully saturated rings. The summed E-state index contributed by atoms with van der Waals surface area (Å²) in [6.45, 7) is 4.60. The zero-order valence-electron chi connectivity index (χ0n) is 11.6. The molecule has 0 saturated carbocycles. The van der Waals surface area contributed by atoms with E-state index in [1.54, 1.807) is 12.1 Å². The van der Waals surface area contributed by atoms with Crippen molar-refractivity contribution in [3.05, 3.63) is 24.1 Å².